The molecule has 136 valence electrons. The predicted octanol–water partition coefficient (Wildman–Crippen LogP) is 4.83. The first kappa shape index (κ1) is 17.4. The van der Waals surface area contributed by atoms with Crippen LogP contribution in [0.2, 0.25) is 0 Å². The number of aryl methyl sites for hydroxylation is 1. The Labute approximate surface area is 158 Å². The molecule has 4 aromatic rings. The highest BCUT2D eigenvalue weighted by Crippen LogP contribution is 2.24. The van der Waals surface area contributed by atoms with E-state index in [2.05, 4.69) is 10.3 Å². The van der Waals surface area contributed by atoms with E-state index >= 15 is 0 Å². The van der Waals surface area contributed by atoms with Gasteiger partial charge in [-0.25, -0.2) is 13.8 Å². The Bertz CT molecular complexity index is 1130. The van der Waals surface area contributed by atoms with Crippen molar-refractivity contribution in [1.29, 1.82) is 0 Å². The lowest BCUT2D eigenvalue weighted by molar-refractivity contribution is -0.115. The van der Waals surface area contributed by atoms with Crippen LogP contribution >= 0.6 is 11.3 Å². The van der Waals surface area contributed by atoms with Crippen LogP contribution in [0.25, 0.3) is 16.2 Å². The topological polar surface area (TPSA) is 46.4 Å². The van der Waals surface area contributed by atoms with Gasteiger partial charge in [-0.05, 0) is 19.1 Å². The summed E-state index contributed by atoms with van der Waals surface area (Å²) >= 11 is 1.43. The van der Waals surface area contributed by atoms with Gasteiger partial charge in [0.05, 0.1) is 17.8 Å². The summed E-state index contributed by atoms with van der Waals surface area (Å²) in [5.41, 5.74) is 3.71. The number of rotatable bonds is 4. The number of hydrogen-bond acceptors (Lipinski definition) is 3. The van der Waals surface area contributed by atoms with Crippen LogP contribution in [-0.4, -0.2) is 15.3 Å². The minimum absolute atomic E-state index is 0.0427. The first-order valence-electron chi connectivity index (χ1n) is 8.27. The molecule has 2 aromatic heterocycles. The number of hydrogen-bond donors (Lipinski definition) is 1. The molecule has 1 N–H and O–H groups in total. The van der Waals surface area contributed by atoms with Gasteiger partial charge >= 0.3 is 0 Å². The highest BCUT2D eigenvalue weighted by Gasteiger charge is 2.14. The summed E-state index contributed by atoms with van der Waals surface area (Å²) < 4.78 is 28.5. The van der Waals surface area contributed by atoms with Crippen LogP contribution < -0.4 is 5.32 Å². The van der Waals surface area contributed by atoms with Gasteiger partial charge < -0.3 is 5.32 Å². The Morgan fingerprint density at radius 2 is 1.96 bits per heavy atom. The molecule has 4 rings (SSSR count). The highest BCUT2D eigenvalue weighted by molar-refractivity contribution is 7.15. The summed E-state index contributed by atoms with van der Waals surface area (Å²) in [4.78, 5) is 17.6. The molecule has 0 saturated heterocycles. The number of carbonyl (C=O) groups excluding carboxylic acids is 1. The van der Waals surface area contributed by atoms with E-state index in [1.165, 1.54) is 23.0 Å². The number of aromatic nitrogens is 2. The van der Waals surface area contributed by atoms with Gasteiger partial charge in [0.25, 0.3) is 0 Å². The maximum atomic E-state index is 13.7. The number of anilines is 1. The van der Waals surface area contributed by atoms with Gasteiger partial charge in [0.1, 0.15) is 11.6 Å². The van der Waals surface area contributed by atoms with Gasteiger partial charge in [0, 0.05) is 28.9 Å². The molecular weight excluding hydrogens is 368 g/mol. The fraction of sp³-hybridized carbons (Fsp3) is 0.100. The van der Waals surface area contributed by atoms with Crippen molar-refractivity contribution in [1.82, 2.24) is 9.38 Å². The van der Waals surface area contributed by atoms with Crippen LogP contribution in [0.1, 0.15) is 11.3 Å². The summed E-state index contributed by atoms with van der Waals surface area (Å²) in [6, 6.07) is 11.1. The summed E-state index contributed by atoms with van der Waals surface area (Å²) in [6.07, 6.45) is 1.94. The molecule has 1 amide bonds. The molecule has 27 heavy (non-hydrogen) atoms. The second-order valence-electron chi connectivity index (χ2n) is 6.22. The third-order valence-electron chi connectivity index (χ3n) is 4.18. The second-order valence-corrected chi connectivity index (χ2v) is 7.06. The van der Waals surface area contributed by atoms with Crippen molar-refractivity contribution in [2.24, 2.45) is 0 Å². The fourth-order valence-corrected chi connectivity index (χ4v) is 3.64. The van der Waals surface area contributed by atoms with Crippen molar-refractivity contribution in [3.8, 4) is 11.3 Å². The van der Waals surface area contributed by atoms with Gasteiger partial charge in [-0.2, -0.15) is 0 Å². The molecule has 0 bridgehead atoms. The molecule has 0 unspecified atom stereocenters. The quantitative estimate of drug-likeness (QED) is 0.549. The monoisotopic (exact) mass is 383 g/mol. The molecule has 0 aliphatic heterocycles. The number of halogens is 2. The lowest BCUT2D eigenvalue weighted by Gasteiger charge is -2.06. The van der Waals surface area contributed by atoms with E-state index in [0.717, 1.165) is 34.0 Å². The van der Waals surface area contributed by atoms with Crippen LogP contribution in [0.5, 0.6) is 0 Å². The van der Waals surface area contributed by atoms with Crippen molar-refractivity contribution < 1.29 is 13.6 Å². The van der Waals surface area contributed by atoms with Gasteiger partial charge in [-0.15, -0.1) is 11.3 Å². The minimum Gasteiger partial charge on any atom is -0.323 e. The van der Waals surface area contributed by atoms with Crippen LogP contribution in [-0.2, 0) is 11.2 Å². The van der Waals surface area contributed by atoms with Gasteiger partial charge in [0.15, 0.2) is 4.96 Å². The van der Waals surface area contributed by atoms with E-state index in [-0.39, 0.29) is 18.0 Å². The minimum atomic E-state index is -0.803. The Balaban J connectivity index is 1.55. The zero-order valence-corrected chi connectivity index (χ0v) is 15.2. The Kier molecular flexibility index (Phi) is 4.45. The molecule has 0 fully saturated rings. The average molecular weight is 383 g/mol. The largest absolute Gasteiger partial charge is 0.323 e. The Hall–Kier alpha value is -3.06. The second kappa shape index (κ2) is 6.92. The molecule has 2 aromatic carbocycles. The average Bonchev–Trinajstić information content (AvgIpc) is 3.20. The molecule has 0 atom stereocenters. The van der Waals surface area contributed by atoms with Crippen LogP contribution in [0.3, 0.4) is 0 Å². The SMILES string of the molecule is Cc1ccc(-c2cn3c(CC(=O)Nc4ccc(F)cc4F)csc3n2)cc1. The summed E-state index contributed by atoms with van der Waals surface area (Å²) in [7, 11) is 0. The van der Waals surface area contributed by atoms with Crippen molar-refractivity contribution >= 4 is 27.9 Å². The molecule has 2 heterocycles. The van der Waals surface area contributed by atoms with E-state index in [1.807, 2.05) is 47.2 Å². The van der Waals surface area contributed by atoms with E-state index in [0.29, 0.717) is 0 Å². The third-order valence-corrected chi connectivity index (χ3v) is 5.07. The number of nitrogens with one attached hydrogen (secondary N) is 1. The third kappa shape index (κ3) is 3.59. The molecule has 0 saturated carbocycles. The molecule has 0 radical (unpaired) electrons. The van der Waals surface area contributed by atoms with Crippen LogP contribution in [0, 0.1) is 18.6 Å². The number of carbonyl (C=O) groups is 1. The number of imidazole rings is 1. The lowest BCUT2D eigenvalue weighted by atomic mass is 10.1. The lowest BCUT2D eigenvalue weighted by Crippen LogP contribution is -2.16. The number of nitrogens with zero attached hydrogens (tertiary/aromatic N) is 2. The van der Waals surface area contributed by atoms with Gasteiger partial charge in [-0.3, -0.25) is 9.20 Å². The molecule has 0 aliphatic rings. The molecule has 4 nitrogen and oxygen atoms in total. The molecule has 0 aliphatic carbocycles. The van der Waals surface area contributed by atoms with Crippen molar-refractivity contribution in [3.63, 3.8) is 0 Å². The number of thiazole rings is 1. The maximum absolute atomic E-state index is 13.7. The van der Waals surface area contributed by atoms with Gasteiger partial charge in [0.2, 0.25) is 5.91 Å². The number of benzene rings is 2. The predicted molar refractivity (Wildman–Crippen MR) is 102 cm³/mol. The van der Waals surface area contributed by atoms with Crippen molar-refractivity contribution in [2.75, 3.05) is 5.32 Å². The Morgan fingerprint density at radius 3 is 2.70 bits per heavy atom. The van der Waals surface area contributed by atoms with Gasteiger partial charge in [-0.1, -0.05) is 29.8 Å². The van der Waals surface area contributed by atoms with E-state index < -0.39 is 11.6 Å². The zero-order valence-electron chi connectivity index (χ0n) is 14.4. The summed E-state index contributed by atoms with van der Waals surface area (Å²) in [5, 5.41) is 4.32. The van der Waals surface area contributed by atoms with Crippen LogP contribution in [0.4, 0.5) is 14.5 Å². The van der Waals surface area contributed by atoms with E-state index in [9.17, 15) is 13.6 Å². The molecular formula is C20H15F2N3OS. The highest BCUT2D eigenvalue weighted by atomic mass is 32.1. The first-order chi connectivity index (χ1) is 13.0. The molecule has 7 heteroatoms. The van der Waals surface area contributed by atoms with Crippen molar-refractivity contribution in [3.05, 3.63) is 76.9 Å². The van der Waals surface area contributed by atoms with E-state index in [4.69, 9.17) is 0 Å². The van der Waals surface area contributed by atoms with Crippen LogP contribution in [0.15, 0.2) is 54.0 Å². The standard InChI is InChI=1S/C20H15F2N3OS/c1-12-2-4-13(5-3-12)18-10-25-15(11-27-20(25)24-18)9-19(26)23-17-7-6-14(21)8-16(17)22/h2-8,10-11H,9H2,1H3,(H,23,26). The zero-order chi connectivity index (χ0) is 19.0. The maximum Gasteiger partial charge on any atom is 0.230 e. The van der Waals surface area contributed by atoms with E-state index in [1.54, 1.807) is 0 Å². The molecule has 0 spiro atoms. The summed E-state index contributed by atoms with van der Waals surface area (Å²) in [5.74, 6) is -1.87. The smallest absolute Gasteiger partial charge is 0.230 e. The fourth-order valence-electron chi connectivity index (χ4n) is 2.77. The normalized spacial score (nSPS) is 11.1. The van der Waals surface area contributed by atoms with Crippen molar-refractivity contribution in [2.45, 2.75) is 13.3 Å². The Morgan fingerprint density at radius 1 is 1.19 bits per heavy atom. The first-order valence-corrected chi connectivity index (χ1v) is 9.15. The number of amides is 1. The summed E-state index contributed by atoms with van der Waals surface area (Å²) in [6.45, 7) is 2.02. The number of fused-ring (bicyclic) bond motifs is 1.